The number of carbonyl (C=O) groups excluding carboxylic acids is 1. The number of halogens is 1. The van der Waals surface area contributed by atoms with E-state index in [0.717, 1.165) is 54.0 Å². The molecule has 1 saturated heterocycles. The maximum Gasteiger partial charge on any atom is 0.238 e. The van der Waals surface area contributed by atoms with Crippen LogP contribution in [-0.2, 0) is 21.5 Å². The van der Waals surface area contributed by atoms with Gasteiger partial charge in [0.25, 0.3) is 0 Å². The van der Waals surface area contributed by atoms with E-state index in [2.05, 4.69) is 9.55 Å². The minimum Gasteiger partial charge on any atom is -0.379 e. The van der Waals surface area contributed by atoms with Gasteiger partial charge in [-0.2, -0.15) is 0 Å². The summed E-state index contributed by atoms with van der Waals surface area (Å²) in [5.74, 6) is 1.04. The van der Waals surface area contributed by atoms with Crippen LogP contribution in [0.1, 0.15) is 36.7 Å². The number of amides is 1. The van der Waals surface area contributed by atoms with Crippen LogP contribution in [-0.4, -0.2) is 33.7 Å². The quantitative estimate of drug-likeness (QED) is 0.680. The van der Waals surface area contributed by atoms with Crippen molar-refractivity contribution in [1.29, 1.82) is 0 Å². The van der Waals surface area contributed by atoms with Gasteiger partial charge >= 0.3 is 0 Å². The molecule has 6 rings (SSSR count). The van der Waals surface area contributed by atoms with Crippen LogP contribution in [0.25, 0.3) is 11.0 Å². The normalized spacial score (nSPS) is 22.4. The first-order chi connectivity index (χ1) is 13.7. The Bertz CT molecular complexity index is 1110. The second kappa shape index (κ2) is 5.78. The molecular weight excluding hydrogens is 376 g/mol. The van der Waals surface area contributed by atoms with Crippen LogP contribution in [0.3, 0.4) is 0 Å². The molecule has 2 fully saturated rings. The second-order valence-electron chi connectivity index (χ2n) is 7.91. The van der Waals surface area contributed by atoms with E-state index in [1.165, 1.54) is 0 Å². The first-order valence-electron chi connectivity index (χ1n) is 9.68. The average Bonchev–Trinajstić information content (AvgIpc) is 3.08. The first kappa shape index (κ1) is 16.5. The number of hydrogen-bond donors (Lipinski definition) is 0. The minimum absolute atomic E-state index is 0.176. The summed E-state index contributed by atoms with van der Waals surface area (Å²) in [7, 11) is 0. The molecule has 1 atom stereocenters. The van der Waals surface area contributed by atoms with Crippen LogP contribution in [0.2, 0.25) is 5.02 Å². The lowest BCUT2D eigenvalue weighted by atomic mass is 9.99. The number of nitrogens with zero attached hydrogens (tertiary/aromatic N) is 4. The summed E-state index contributed by atoms with van der Waals surface area (Å²) < 4.78 is 7.87. The molecule has 6 nitrogen and oxygen atoms in total. The van der Waals surface area contributed by atoms with Crippen molar-refractivity contribution in [1.82, 2.24) is 14.5 Å². The zero-order chi connectivity index (χ0) is 18.9. The molecule has 0 bridgehead atoms. The molecule has 4 heterocycles. The summed E-state index contributed by atoms with van der Waals surface area (Å²) in [5, 5.41) is 0.662. The van der Waals surface area contributed by atoms with Gasteiger partial charge in [0.15, 0.2) is 0 Å². The first-order valence-corrected chi connectivity index (χ1v) is 10.1. The summed E-state index contributed by atoms with van der Waals surface area (Å²) in [6, 6.07) is 8.00. The van der Waals surface area contributed by atoms with Gasteiger partial charge in [-0.3, -0.25) is 9.78 Å². The van der Waals surface area contributed by atoms with Crippen LogP contribution in [0.5, 0.6) is 0 Å². The molecule has 1 aliphatic carbocycles. The Kier molecular flexibility index (Phi) is 3.41. The lowest BCUT2D eigenvalue weighted by Gasteiger charge is -2.21. The second-order valence-corrected chi connectivity index (χ2v) is 8.35. The van der Waals surface area contributed by atoms with Gasteiger partial charge in [0.05, 0.1) is 47.5 Å². The molecule has 142 valence electrons. The van der Waals surface area contributed by atoms with Crippen LogP contribution >= 0.6 is 11.6 Å². The van der Waals surface area contributed by atoms with Crippen molar-refractivity contribution in [2.24, 2.45) is 0 Å². The zero-order valence-electron chi connectivity index (χ0n) is 15.3. The molecule has 28 heavy (non-hydrogen) atoms. The fourth-order valence-corrected chi connectivity index (χ4v) is 4.93. The molecular formula is C21H19ClN4O2. The average molecular weight is 395 g/mol. The van der Waals surface area contributed by atoms with Gasteiger partial charge in [0, 0.05) is 17.8 Å². The van der Waals surface area contributed by atoms with Gasteiger partial charge in [-0.15, -0.1) is 0 Å². The highest BCUT2D eigenvalue weighted by Gasteiger charge is 2.59. The third-order valence-electron chi connectivity index (χ3n) is 6.31. The Morgan fingerprint density at radius 3 is 2.96 bits per heavy atom. The molecule has 2 aromatic heterocycles. The maximum absolute atomic E-state index is 13.3. The number of benzene rings is 1. The van der Waals surface area contributed by atoms with Gasteiger partial charge in [-0.25, -0.2) is 4.98 Å². The Labute approximate surface area is 167 Å². The zero-order valence-corrected chi connectivity index (χ0v) is 16.0. The van der Waals surface area contributed by atoms with Crippen molar-refractivity contribution >= 4 is 34.2 Å². The van der Waals surface area contributed by atoms with Crippen LogP contribution in [0, 0.1) is 0 Å². The van der Waals surface area contributed by atoms with Crippen molar-refractivity contribution in [3.63, 3.8) is 0 Å². The number of fused-ring (bicyclic) bond motifs is 3. The highest BCUT2D eigenvalue weighted by molar-refractivity contribution is 6.31. The maximum atomic E-state index is 13.3. The van der Waals surface area contributed by atoms with E-state index in [0.29, 0.717) is 18.2 Å². The molecule has 0 radical (unpaired) electrons. The van der Waals surface area contributed by atoms with E-state index >= 15 is 0 Å². The highest BCUT2D eigenvalue weighted by atomic mass is 35.5. The number of hydrogen-bond acceptors (Lipinski definition) is 4. The third kappa shape index (κ3) is 2.22. The highest BCUT2D eigenvalue weighted by Crippen LogP contribution is 2.57. The van der Waals surface area contributed by atoms with E-state index in [9.17, 15) is 4.79 Å². The number of anilines is 1. The standard InChI is InChI=1S/C21H19ClN4O2/c22-13-1-2-17-16(9-13)24-19(26(17)14-4-8-28-12-14)11-25-18-10-23-7-3-15(18)21(5-6-21)20(25)27/h1-3,7,9-10,14H,4-6,8,11-12H2. The third-order valence-corrected chi connectivity index (χ3v) is 6.54. The molecule has 1 amide bonds. The van der Waals surface area contributed by atoms with Crippen molar-refractivity contribution in [2.45, 2.75) is 37.3 Å². The predicted octanol–water partition coefficient (Wildman–Crippen LogP) is 3.62. The van der Waals surface area contributed by atoms with Crippen molar-refractivity contribution in [3.8, 4) is 0 Å². The molecule has 1 aromatic carbocycles. The van der Waals surface area contributed by atoms with Gasteiger partial charge in [-0.05, 0) is 49.1 Å². The largest absolute Gasteiger partial charge is 0.379 e. The van der Waals surface area contributed by atoms with E-state index in [1.807, 2.05) is 35.4 Å². The van der Waals surface area contributed by atoms with Gasteiger partial charge < -0.3 is 14.2 Å². The van der Waals surface area contributed by atoms with Gasteiger partial charge in [0.1, 0.15) is 5.82 Å². The Balaban J connectivity index is 1.47. The van der Waals surface area contributed by atoms with E-state index < -0.39 is 0 Å². The fourth-order valence-electron chi connectivity index (χ4n) is 4.76. The monoisotopic (exact) mass is 394 g/mol. The van der Waals surface area contributed by atoms with Gasteiger partial charge in [0.2, 0.25) is 5.91 Å². The topological polar surface area (TPSA) is 60.2 Å². The molecule has 0 N–H and O–H groups in total. The number of pyridine rings is 1. The van der Waals surface area contributed by atoms with Crippen molar-refractivity contribution < 1.29 is 9.53 Å². The number of ether oxygens (including phenoxy) is 1. The van der Waals surface area contributed by atoms with Crippen LogP contribution < -0.4 is 4.90 Å². The number of imidazole rings is 1. The SMILES string of the molecule is O=C1N(Cc2nc3cc(Cl)ccc3n2C2CCOC2)c2cnccc2C12CC2. The predicted molar refractivity (Wildman–Crippen MR) is 106 cm³/mol. The summed E-state index contributed by atoms with van der Waals surface area (Å²) in [6.45, 7) is 1.84. The van der Waals surface area contributed by atoms with E-state index in [4.69, 9.17) is 21.3 Å². The fraction of sp³-hybridized carbons (Fsp3) is 0.381. The molecule has 1 unspecified atom stereocenters. The Morgan fingerprint density at radius 2 is 2.18 bits per heavy atom. The van der Waals surface area contributed by atoms with Gasteiger partial charge in [-0.1, -0.05) is 11.6 Å². The lowest BCUT2D eigenvalue weighted by molar-refractivity contribution is -0.120. The number of rotatable bonds is 3. The van der Waals surface area contributed by atoms with Crippen molar-refractivity contribution in [3.05, 3.63) is 53.1 Å². The molecule has 3 aliphatic rings. The lowest BCUT2D eigenvalue weighted by Crippen LogP contribution is -2.33. The smallest absolute Gasteiger partial charge is 0.238 e. The summed E-state index contributed by atoms with van der Waals surface area (Å²) >= 11 is 6.20. The number of aromatic nitrogens is 3. The summed E-state index contributed by atoms with van der Waals surface area (Å²) in [6.07, 6.45) is 6.37. The Hall–Kier alpha value is -2.44. The Morgan fingerprint density at radius 1 is 1.29 bits per heavy atom. The summed E-state index contributed by atoms with van der Waals surface area (Å²) in [4.78, 5) is 24.3. The van der Waals surface area contributed by atoms with E-state index in [-0.39, 0.29) is 17.4 Å². The van der Waals surface area contributed by atoms with Crippen LogP contribution in [0.15, 0.2) is 36.7 Å². The number of carbonyl (C=O) groups is 1. The summed E-state index contributed by atoms with van der Waals surface area (Å²) in [5.41, 5.74) is 3.60. The minimum atomic E-state index is -0.325. The molecule has 2 aliphatic heterocycles. The molecule has 1 saturated carbocycles. The van der Waals surface area contributed by atoms with Crippen molar-refractivity contribution in [2.75, 3.05) is 18.1 Å². The molecule has 3 aromatic rings. The van der Waals surface area contributed by atoms with Crippen LogP contribution in [0.4, 0.5) is 5.69 Å². The van der Waals surface area contributed by atoms with E-state index in [1.54, 1.807) is 6.20 Å². The molecule has 1 spiro atoms. The molecule has 7 heteroatoms.